The summed E-state index contributed by atoms with van der Waals surface area (Å²) in [4.78, 5) is 0. The molecular weight excluding hydrogens is 348 g/mol. The Balaban J connectivity index is 1.74. The number of rotatable bonds is 8. The van der Waals surface area contributed by atoms with Crippen molar-refractivity contribution in [3.8, 4) is 11.5 Å². The molecule has 0 saturated heterocycles. The third-order valence-corrected chi connectivity index (χ3v) is 4.22. The predicted molar refractivity (Wildman–Crippen MR) is 104 cm³/mol. The molecule has 3 rings (SSSR count). The number of halogens is 1. The van der Waals surface area contributed by atoms with Gasteiger partial charge >= 0.3 is 0 Å². The van der Waals surface area contributed by atoms with Crippen LogP contribution in [0.3, 0.4) is 0 Å². The Morgan fingerprint density at radius 1 is 0.731 bits per heavy atom. The average molecular weight is 369 g/mol. The standard InChI is InChI=1S/C22H21ClO3/c23-14-22(24)19-11-20(25-15-17-7-3-1-4-8-17)13-21(12-19)26-16-18-9-5-2-6-10-18/h1-13,22,24H,14-16H2/t22-/m0/s1. The van der Waals surface area contributed by atoms with Gasteiger partial charge in [-0.2, -0.15) is 0 Å². The molecule has 3 aromatic carbocycles. The maximum Gasteiger partial charge on any atom is 0.123 e. The number of benzene rings is 3. The Morgan fingerprint density at radius 2 is 1.19 bits per heavy atom. The summed E-state index contributed by atoms with van der Waals surface area (Å²) in [6.45, 7) is 0.888. The van der Waals surface area contributed by atoms with Crippen molar-refractivity contribution in [3.05, 3.63) is 95.6 Å². The SMILES string of the molecule is O[C@@H](CCl)c1cc(OCc2ccccc2)cc(OCc2ccccc2)c1. The molecule has 1 atom stereocenters. The molecular formula is C22H21ClO3. The van der Waals surface area contributed by atoms with Crippen LogP contribution in [0.1, 0.15) is 22.8 Å². The van der Waals surface area contributed by atoms with E-state index in [9.17, 15) is 5.11 Å². The normalized spacial score (nSPS) is 11.8. The van der Waals surface area contributed by atoms with E-state index >= 15 is 0 Å². The van der Waals surface area contributed by atoms with Crippen molar-refractivity contribution in [2.75, 3.05) is 5.88 Å². The Hall–Kier alpha value is -2.49. The second kappa shape index (κ2) is 9.27. The van der Waals surface area contributed by atoms with Crippen LogP contribution in [0.2, 0.25) is 0 Å². The lowest BCUT2D eigenvalue weighted by Gasteiger charge is -2.14. The van der Waals surface area contributed by atoms with Crippen LogP contribution < -0.4 is 9.47 Å². The lowest BCUT2D eigenvalue weighted by molar-refractivity contribution is 0.200. The Kier molecular flexibility index (Phi) is 6.53. The molecule has 0 aliphatic carbocycles. The molecule has 0 amide bonds. The highest BCUT2D eigenvalue weighted by atomic mass is 35.5. The van der Waals surface area contributed by atoms with Gasteiger partial charge in [0.05, 0.1) is 12.0 Å². The zero-order chi connectivity index (χ0) is 18.2. The molecule has 0 radical (unpaired) electrons. The van der Waals surface area contributed by atoms with Gasteiger partial charge in [-0.1, -0.05) is 60.7 Å². The highest BCUT2D eigenvalue weighted by molar-refractivity contribution is 6.18. The average Bonchev–Trinajstić information content (AvgIpc) is 2.71. The summed E-state index contributed by atoms with van der Waals surface area (Å²) < 4.78 is 11.8. The summed E-state index contributed by atoms with van der Waals surface area (Å²) in [6.07, 6.45) is -0.768. The first kappa shape index (κ1) is 18.3. The van der Waals surface area contributed by atoms with Gasteiger partial charge in [0.15, 0.2) is 0 Å². The molecule has 0 aliphatic heterocycles. The van der Waals surface area contributed by atoms with Crippen molar-refractivity contribution in [1.82, 2.24) is 0 Å². The van der Waals surface area contributed by atoms with Gasteiger partial charge in [0.25, 0.3) is 0 Å². The van der Waals surface area contributed by atoms with Crippen LogP contribution in [-0.4, -0.2) is 11.0 Å². The Bertz CT molecular complexity index is 744. The second-order valence-electron chi connectivity index (χ2n) is 5.96. The highest BCUT2D eigenvalue weighted by Gasteiger charge is 2.11. The van der Waals surface area contributed by atoms with E-state index < -0.39 is 6.10 Å². The van der Waals surface area contributed by atoms with Crippen molar-refractivity contribution < 1.29 is 14.6 Å². The van der Waals surface area contributed by atoms with Crippen LogP contribution >= 0.6 is 11.6 Å². The largest absolute Gasteiger partial charge is 0.489 e. The van der Waals surface area contributed by atoms with E-state index in [0.717, 1.165) is 11.1 Å². The van der Waals surface area contributed by atoms with Gasteiger partial charge in [-0.25, -0.2) is 0 Å². The molecule has 0 spiro atoms. The monoisotopic (exact) mass is 368 g/mol. The van der Waals surface area contributed by atoms with Crippen molar-refractivity contribution in [2.24, 2.45) is 0 Å². The molecule has 0 aromatic heterocycles. The van der Waals surface area contributed by atoms with Gasteiger partial charge in [0.2, 0.25) is 0 Å². The van der Waals surface area contributed by atoms with Crippen LogP contribution in [0.15, 0.2) is 78.9 Å². The maximum absolute atomic E-state index is 10.1. The second-order valence-corrected chi connectivity index (χ2v) is 6.27. The van der Waals surface area contributed by atoms with E-state index in [1.807, 2.05) is 66.7 Å². The van der Waals surface area contributed by atoms with E-state index in [0.29, 0.717) is 30.3 Å². The molecule has 3 nitrogen and oxygen atoms in total. The maximum atomic E-state index is 10.1. The fourth-order valence-electron chi connectivity index (χ4n) is 2.52. The summed E-state index contributed by atoms with van der Waals surface area (Å²) >= 11 is 5.81. The molecule has 1 N–H and O–H groups in total. The summed E-state index contributed by atoms with van der Waals surface area (Å²) in [5, 5.41) is 10.1. The van der Waals surface area contributed by atoms with Gasteiger partial charge in [0.1, 0.15) is 24.7 Å². The summed E-state index contributed by atoms with van der Waals surface area (Å²) in [7, 11) is 0. The van der Waals surface area contributed by atoms with Crippen LogP contribution in [0.25, 0.3) is 0 Å². The minimum atomic E-state index is -0.768. The summed E-state index contributed by atoms with van der Waals surface area (Å²) in [6, 6.07) is 25.3. The lowest BCUT2D eigenvalue weighted by atomic mass is 10.1. The molecule has 26 heavy (non-hydrogen) atoms. The fraction of sp³-hybridized carbons (Fsp3) is 0.182. The molecule has 0 saturated carbocycles. The van der Waals surface area contributed by atoms with Gasteiger partial charge in [-0.15, -0.1) is 11.6 Å². The molecule has 0 unspecified atom stereocenters. The fourth-order valence-corrected chi connectivity index (χ4v) is 2.70. The topological polar surface area (TPSA) is 38.7 Å². The molecule has 0 heterocycles. The smallest absolute Gasteiger partial charge is 0.123 e. The molecule has 0 aliphatic rings. The highest BCUT2D eigenvalue weighted by Crippen LogP contribution is 2.28. The van der Waals surface area contributed by atoms with Crippen molar-refractivity contribution in [2.45, 2.75) is 19.3 Å². The van der Waals surface area contributed by atoms with Crippen molar-refractivity contribution in [1.29, 1.82) is 0 Å². The van der Waals surface area contributed by atoms with Gasteiger partial charge in [-0.3, -0.25) is 0 Å². The minimum Gasteiger partial charge on any atom is -0.489 e. The lowest BCUT2D eigenvalue weighted by Crippen LogP contribution is -2.03. The number of aliphatic hydroxyl groups excluding tert-OH is 1. The first-order chi connectivity index (χ1) is 12.7. The Morgan fingerprint density at radius 3 is 1.62 bits per heavy atom. The van der Waals surface area contributed by atoms with Crippen molar-refractivity contribution >= 4 is 11.6 Å². The zero-order valence-corrected chi connectivity index (χ0v) is 15.1. The molecule has 3 aromatic rings. The van der Waals surface area contributed by atoms with Crippen LogP contribution in [0, 0.1) is 0 Å². The quantitative estimate of drug-likeness (QED) is 0.561. The number of hydrogen-bond acceptors (Lipinski definition) is 3. The van der Waals surface area contributed by atoms with E-state index in [-0.39, 0.29) is 5.88 Å². The Labute approximate surface area is 158 Å². The predicted octanol–water partition coefficient (Wildman–Crippen LogP) is 5.12. The molecule has 0 bridgehead atoms. The van der Waals surface area contributed by atoms with Crippen LogP contribution in [0.5, 0.6) is 11.5 Å². The van der Waals surface area contributed by atoms with Crippen LogP contribution in [-0.2, 0) is 13.2 Å². The summed E-state index contributed by atoms with van der Waals surface area (Å²) in [5.41, 5.74) is 2.82. The third kappa shape index (κ3) is 5.25. The van der Waals surface area contributed by atoms with E-state index in [4.69, 9.17) is 21.1 Å². The number of ether oxygens (including phenoxy) is 2. The number of hydrogen-bond donors (Lipinski definition) is 1. The third-order valence-electron chi connectivity index (χ3n) is 3.93. The van der Waals surface area contributed by atoms with Crippen LogP contribution in [0.4, 0.5) is 0 Å². The van der Waals surface area contributed by atoms with E-state index in [1.165, 1.54) is 0 Å². The zero-order valence-electron chi connectivity index (χ0n) is 14.3. The van der Waals surface area contributed by atoms with Crippen molar-refractivity contribution in [3.63, 3.8) is 0 Å². The van der Waals surface area contributed by atoms with Gasteiger partial charge in [-0.05, 0) is 28.8 Å². The number of alkyl halides is 1. The van der Waals surface area contributed by atoms with E-state index in [2.05, 4.69) is 0 Å². The molecule has 4 heteroatoms. The van der Waals surface area contributed by atoms with Gasteiger partial charge < -0.3 is 14.6 Å². The van der Waals surface area contributed by atoms with Gasteiger partial charge in [0, 0.05) is 6.07 Å². The number of aliphatic hydroxyl groups is 1. The molecule has 134 valence electrons. The molecule has 0 fully saturated rings. The first-order valence-corrected chi connectivity index (χ1v) is 9.00. The van der Waals surface area contributed by atoms with E-state index in [1.54, 1.807) is 12.1 Å². The minimum absolute atomic E-state index is 0.111. The summed E-state index contributed by atoms with van der Waals surface area (Å²) in [5.74, 6) is 1.39. The first-order valence-electron chi connectivity index (χ1n) is 8.47.